The SMILES string of the molecule is Cc1cccc(CN2CCC3(CCNC3)C2=O)c1.Cl. The molecule has 2 fully saturated rings. The van der Waals surface area contributed by atoms with Gasteiger partial charge in [-0.15, -0.1) is 12.4 Å². The summed E-state index contributed by atoms with van der Waals surface area (Å²) in [6.07, 6.45) is 2.03. The molecule has 0 bridgehead atoms. The number of benzene rings is 1. The molecule has 3 nitrogen and oxygen atoms in total. The largest absolute Gasteiger partial charge is 0.338 e. The molecule has 19 heavy (non-hydrogen) atoms. The third kappa shape index (κ3) is 2.63. The molecular formula is C15H21ClN2O. The summed E-state index contributed by atoms with van der Waals surface area (Å²) in [6.45, 7) is 5.63. The first kappa shape index (κ1) is 14.4. The summed E-state index contributed by atoms with van der Waals surface area (Å²) in [6, 6.07) is 8.44. The molecule has 1 aromatic rings. The highest BCUT2D eigenvalue weighted by Crippen LogP contribution is 2.37. The van der Waals surface area contributed by atoms with Crippen LogP contribution in [-0.4, -0.2) is 30.4 Å². The lowest BCUT2D eigenvalue weighted by molar-refractivity contribution is -0.135. The fourth-order valence-electron chi connectivity index (χ4n) is 3.21. The third-order valence-electron chi connectivity index (χ3n) is 4.30. The van der Waals surface area contributed by atoms with E-state index < -0.39 is 0 Å². The number of likely N-dealkylation sites (tertiary alicyclic amines) is 1. The van der Waals surface area contributed by atoms with E-state index in [1.807, 2.05) is 4.90 Å². The maximum absolute atomic E-state index is 12.5. The zero-order valence-corrected chi connectivity index (χ0v) is 12.1. The Kier molecular flexibility index (Phi) is 4.16. The van der Waals surface area contributed by atoms with E-state index in [0.29, 0.717) is 5.91 Å². The Labute approximate surface area is 120 Å². The van der Waals surface area contributed by atoms with Crippen LogP contribution >= 0.6 is 12.4 Å². The molecule has 0 aromatic heterocycles. The molecule has 3 rings (SSSR count). The molecule has 2 heterocycles. The van der Waals surface area contributed by atoms with E-state index in [9.17, 15) is 4.79 Å². The lowest BCUT2D eigenvalue weighted by Crippen LogP contribution is -2.35. The molecular weight excluding hydrogens is 260 g/mol. The second-order valence-electron chi connectivity index (χ2n) is 5.67. The molecule has 2 saturated heterocycles. The van der Waals surface area contributed by atoms with Gasteiger partial charge in [-0.25, -0.2) is 0 Å². The Bertz CT molecular complexity index is 469. The standard InChI is InChI=1S/C15H20N2O.ClH/c1-12-3-2-4-13(9-12)10-17-8-6-15(14(17)18)5-7-16-11-15;/h2-4,9,16H,5-8,10-11H2,1H3;1H. The van der Waals surface area contributed by atoms with Crippen molar-refractivity contribution >= 4 is 18.3 Å². The summed E-state index contributed by atoms with van der Waals surface area (Å²) in [5.41, 5.74) is 2.42. The number of hydrogen-bond donors (Lipinski definition) is 1. The minimum absolute atomic E-state index is 0. The van der Waals surface area contributed by atoms with E-state index in [-0.39, 0.29) is 17.8 Å². The number of aryl methyl sites for hydroxylation is 1. The van der Waals surface area contributed by atoms with E-state index in [4.69, 9.17) is 0 Å². The van der Waals surface area contributed by atoms with Crippen LogP contribution in [0, 0.1) is 12.3 Å². The zero-order valence-electron chi connectivity index (χ0n) is 11.3. The number of rotatable bonds is 2. The molecule has 0 aliphatic carbocycles. The number of carbonyl (C=O) groups excluding carboxylic acids is 1. The smallest absolute Gasteiger partial charge is 0.230 e. The number of halogens is 1. The first-order valence-corrected chi connectivity index (χ1v) is 6.75. The Morgan fingerprint density at radius 3 is 2.89 bits per heavy atom. The molecule has 1 aromatic carbocycles. The van der Waals surface area contributed by atoms with E-state index in [1.54, 1.807) is 0 Å². The average molecular weight is 281 g/mol. The number of nitrogens with zero attached hydrogens (tertiary/aromatic N) is 1. The van der Waals surface area contributed by atoms with Gasteiger partial charge >= 0.3 is 0 Å². The Balaban J connectivity index is 0.00000133. The highest BCUT2D eigenvalue weighted by atomic mass is 35.5. The second-order valence-corrected chi connectivity index (χ2v) is 5.67. The molecule has 0 saturated carbocycles. The van der Waals surface area contributed by atoms with Crippen LogP contribution in [0.5, 0.6) is 0 Å². The minimum Gasteiger partial charge on any atom is -0.338 e. The van der Waals surface area contributed by atoms with Crippen molar-refractivity contribution < 1.29 is 4.79 Å². The molecule has 4 heteroatoms. The fraction of sp³-hybridized carbons (Fsp3) is 0.533. The van der Waals surface area contributed by atoms with Crippen LogP contribution in [0.15, 0.2) is 24.3 Å². The molecule has 1 N–H and O–H groups in total. The maximum Gasteiger partial charge on any atom is 0.230 e. The van der Waals surface area contributed by atoms with Crippen LogP contribution in [0.2, 0.25) is 0 Å². The van der Waals surface area contributed by atoms with Gasteiger partial charge in [0.25, 0.3) is 0 Å². The highest BCUT2D eigenvalue weighted by Gasteiger charge is 2.47. The predicted octanol–water partition coefficient (Wildman–Crippen LogP) is 2.13. The Hall–Kier alpha value is -1.06. The summed E-state index contributed by atoms with van der Waals surface area (Å²) in [4.78, 5) is 14.5. The van der Waals surface area contributed by atoms with Crippen molar-refractivity contribution in [2.75, 3.05) is 19.6 Å². The molecule has 1 amide bonds. The van der Waals surface area contributed by atoms with E-state index in [2.05, 4.69) is 36.5 Å². The molecule has 1 atom stereocenters. The van der Waals surface area contributed by atoms with E-state index >= 15 is 0 Å². The Morgan fingerprint density at radius 1 is 1.37 bits per heavy atom. The maximum atomic E-state index is 12.5. The normalized spacial score (nSPS) is 25.9. The van der Waals surface area contributed by atoms with Crippen LogP contribution in [-0.2, 0) is 11.3 Å². The van der Waals surface area contributed by atoms with Crippen molar-refractivity contribution in [3.05, 3.63) is 35.4 Å². The summed E-state index contributed by atoms with van der Waals surface area (Å²) in [5.74, 6) is 0.356. The van der Waals surface area contributed by atoms with Crippen LogP contribution < -0.4 is 5.32 Å². The molecule has 2 aliphatic rings. The van der Waals surface area contributed by atoms with Crippen molar-refractivity contribution in [1.82, 2.24) is 10.2 Å². The van der Waals surface area contributed by atoms with Gasteiger partial charge in [-0.2, -0.15) is 0 Å². The third-order valence-corrected chi connectivity index (χ3v) is 4.30. The lowest BCUT2D eigenvalue weighted by Gasteiger charge is -2.22. The topological polar surface area (TPSA) is 32.3 Å². The van der Waals surface area contributed by atoms with Crippen molar-refractivity contribution in [3.63, 3.8) is 0 Å². The summed E-state index contributed by atoms with van der Waals surface area (Å²) < 4.78 is 0. The molecule has 104 valence electrons. The van der Waals surface area contributed by atoms with Crippen LogP contribution in [0.1, 0.15) is 24.0 Å². The van der Waals surface area contributed by atoms with Gasteiger partial charge in [0, 0.05) is 19.6 Å². The number of hydrogen-bond acceptors (Lipinski definition) is 2. The predicted molar refractivity (Wildman–Crippen MR) is 78.4 cm³/mol. The van der Waals surface area contributed by atoms with Gasteiger partial charge < -0.3 is 10.2 Å². The zero-order chi connectivity index (χ0) is 12.6. The van der Waals surface area contributed by atoms with Gasteiger partial charge in [-0.1, -0.05) is 29.8 Å². The van der Waals surface area contributed by atoms with Crippen molar-refractivity contribution in [1.29, 1.82) is 0 Å². The first-order valence-electron chi connectivity index (χ1n) is 6.75. The Morgan fingerprint density at radius 2 is 2.21 bits per heavy atom. The van der Waals surface area contributed by atoms with Crippen molar-refractivity contribution in [2.24, 2.45) is 5.41 Å². The summed E-state index contributed by atoms with van der Waals surface area (Å²) in [7, 11) is 0. The van der Waals surface area contributed by atoms with E-state index in [1.165, 1.54) is 11.1 Å². The van der Waals surface area contributed by atoms with Crippen LogP contribution in [0.4, 0.5) is 0 Å². The number of carbonyl (C=O) groups is 1. The summed E-state index contributed by atoms with van der Waals surface area (Å²) in [5, 5.41) is 3.33. The van der Waals surface area contributed by atoms with Crippen molar-refractivity contribution in [2.45, 2.75) is 26.3 Å². The van der Waals surface area contributed by atoms with Crippen molar-refractivity contribution in [3.8, 4) is 0 Å². The molecule has 0 radical (unpaired) electrons. The lowest BCUT2D eigenvalue weighted by atomic mass is 9.86. The first-order chi connectivity index (χ1) is 8.70. The van der Waals surface area contributed by atoms with Gasteiger partial charge in [0.1, 0.15) is 0 Å². The average Bonchev–Trinajstić information content (AvgIpc) is 2.93. The van der Waals surface area contributed by atoms with Gasteiger partial charge in [0.05, 0.1) is 5.41 Å². The van der Waals surface area contributed by atoms with Crippen LogP contribution in [0.25, 0.3) is 0 Å². The fourth-order valence-corrected chi connectivity index (χ4v) is 3.21. The minimum atomic E-state index is -0.0795. The molecule has 1 unspecified atom stereocenters. The monoisotopic (exact) mass is 280 g/mol. The van der Waals surface area contributed by atoms with Gasteiger partial charge in [-0.05, 0) is 31.9 Å². The second kappa shape index (κ2) is 5.51. The van der Waals surface area contributed by atoms with E-state index in [0.717, 1.165) is 39.0 Å². The van der Waals surface area contributed by atoms with Gasteiger partial charge in [0.2, 0.25) is 5.91 Å². The van der Waals surface area contributed by atoms with Crippen LogP contribution in [0.3, 0.4) is 0 Å². The van der Waals surface area contributed by atoms with Gasteiger partial charge in [0.15, 0.2) is 0 Å². The van der Waals surface area contributed by atoms with Gasteiger partial charge in [-0.3, -0.25) is 4.79 Å². The number of nitrogens with one attached hydrogen (secondary N) is 1. The highest BCUT2D eigenvalue weighted by molar-refractivity contribution is 5.85. The molecule has 2 aliphatic heterocycles. The quantitative estimate of drug-likeness (QED) is 0.900. The summed E-state index contributed by atoms with van der Waals surface area (Å²) >= 11 is 0. The molecule has 1 spiro atoms. The number of amides is 1.